The van der Waals surface area contributed by atoms with Gasteiger partial charge in [-0.25, -0.2) is 13.8 Å². The van der Waals surface area contributed by atoms with Gasteiger partial charge in [-0.1, -0.05) is 0 Å². The molecule has 12 heteroatoms. The van der Waals surface area contributed by atoms with Crippen molar-refractivity contribution in [1.82, 2.24) is 9.97 Å². The highest BCUT2D eigenvalue weighted by Gasteiger charge is 2.49. The minimum Gasteiger partial charge on any atom is -0.490 e. The summed E-state index contributed by atoms with van der Waals surface area (Å²) in [5, 5.41) is 25.8. The molecule has 0 unspecified atom stereocenters. The van der Waals surface area contributed by atoms with Crippen LogP contribution < -0.4 is 20.3 Å². The van der Waals surface area contributed by atoms with Crippen molar-refractivity contribution >= 4 is 23.4 Å². The third kappa shape index (κ3) is 4.04. The number of carbonyl (C=O) groups is 1. The first kappa shape index (κ1) is 22.1. The smallest absolute Gasteiger partial charge is 0.336 e. The molecule has 1 saturated carbocycles. The third-order valence-electron chi connectivity index (χ3n) is 5.33. The summed E-state index contributed by atoms with van der Waals surface area (Å²) in [6.07, 6.45) is -0.417. The Morgan fingerprint density at radius 1 is 1.31 bits per heavy atom. The van der Waals surface area contributed by atoms with Crippen molar-refractivity contribution in [3.63, 3.8) is 0 Å². The number of carbonyl (C=O) groups excluding carboxylic acids is 1. The van der Waals surface area contributed by atoms with Gasteiger partial charge in [-0.05, 0) is 26.0 Å². The lowest BCUT2D eigenvalue weighted by atomic mass is 9.89. The molecule has 2 atom stereocenters. The Morgan fingerprint density at radius 2 is 2.03 bits per heavy atom. The van der Waals surface area contributed by atoms with E-state index in [1.54, 1.807) is 6.92 Å². The van der Waals surface area contributed by atoms with E-state index in [9.17, 15) is 23.8 Å². The van der Waals surface area contributed by atoms with Crippen LogP contribution in [-0.4, -0.2) is 57.5 Å². The predicted molar refractivity (Wildman–Crippen MR) is 109 cm³/mol. The minimum absolute atomic E-state index is 0.0289. The quantitative estimate of drug-likeness (QED) is 0.483. The minimum atomic E-state index is -2.45. The van der Waals surface area contributed by atoms with Crippen LogP contribution in [0.2, 0.25) is 0 Å². The van der Waals surface area contributed by atoms with E-state index in [0.29, 0.717) is 24.2 Å². The van der Waals surface area contributed by atoms with Crippen molar-refractivity contribution < 1.29 is 33.3 Å². The molecule has 0 spiro atoms. The van der Waals surface area contributed by atoms with Gasteiger partial charge >= 0.3 is 11.8 Å². The van der Waals surface area contributed by atoms with Crippen LogP contribution in [0.1, 0.15) is 25.5 Å². The van der Waals surface area contributed by atoms with E-state index in [-0.39, 0.29) is 29.7 Å². The second kappa shape index (κ2) is 8.11. The number of hydrogen-bond donors (Lipinski definition) is 4. The van der Waals surface area contributed by atoms with E-state index in [4.69, 9.17) is 9.47 Å². The van der Waals surface area contributed by atoms with Gasteiger partial charge in [0.05, 0.1) is 5.69 Å². The fourth-order valence-electron chi connectivity index (χ4n) is 3.58. The van der Waals surface area contributed by atoms with Crippen molar-refractivity contribution in [3.8, 4) is 5.75 Å². The Hall–Kier alpha value is -3.09. The van der Waals surface area contributed by atoms with E-state index < -0.39 is 29.7 Å². The molecule has 1 aliphatic heterocycles. The molecule has 1 fully saturated rings. The molecule has 2 aliphatic rings. The van der Waals surface area contributed by atoms with Crippen LogP contribution in [0.3, 0.4) is 0 Å². The SMILES string of the molecule is Cc1nc(NC2CC(Oc3ccc(F)c(F)c3)C2)nc2c1NC(=O)[C@@](O)(O[C@@H](C)O)N2C. The number of amides is 1. The topological polar surface area (TPSA) is 129 Å². The highest BCUT2D eigenvalue weighted by atomic mass is 19.2. The van der Waals surface area contributed by atoms with Crippen LogP contribution in [-0.2, 0) is 9.53 Å². The lowest BCUT2D eigenvalue weighted by molar-refractivity contribution is -0.257. The molecule has 1 aromatic carbocycles. The number of ether oxygens (including phenoxy) is 2. The van der Waals surface area contributed by atoms with Crippen LogP contribution in [0.15, 0.2) is 18.2 Å². The Bertz CT molecular complexity index is 1050. The van der Waals surface area contributed by atoms with E-state index in [2.05, 4.69) is 20.6 Å². The Kier molecular flexibility index (Phi) is 5.61. The Morgan fingerprint density at radius 3 is 2.69 bits per heavy atom. The van der Waals surface area contributed by atoms with Gasteiger partial charge < -0.3 is 25.6 Å². The van der Waals surface area contributed by atoms with Gasteiger partial charge in [0.1, 0.15) is 17.5 Å². The van der Waals surface area contributed by atoms with Gasteiger partial charge in [0.15, 0.2) is 23.7 Å². The maximum atomic E-state index is 13.3. The molecule has 2 heterocycles. The first-order valence-corrected chi connectivity index (χ1v) is 9.97. The summed E-state index contributed by atoms with van der Waals surface area (Å²) >= 11 is 0. The van der Waals surface area contributed by atoms with Gasteiger partial charge in [0.25, 0.3) is 0 Å². The zero-order valence-corrected chi connectivity index (χ0v) is 17.6. The second-order valence-electron chi connectivity index (χ2n) is 7.80. The normalized spacial score (nSPS) is 25.5. The fraction of sp³-hybridized carbons (Fsp3) is 0.450. The lowest BCUT2D eigenvalue weighted by Crippen LogP contribution is -2.61. The Balaban J connectivity index is 1.44. The van der Waals surface area contributed by atoms with Crippen molar-refractivity contribution in [2.75, 3.05) is 22.6 Å². The lowest BCUT2D eigenvalue weighted by Gasteiger charge is -2.41. The van der Waals surface area contributed by atoms with Gasteiger partial charge in [0, 0.05) is 32.0 Å². The highest BCUT2D eigenvalue weighted by Crippen LogP contribution is 2.37. The molecular weight excluding hydrogens is 428 g/mol. The molecule has 172 valence electrons. The van der Waals surface area contributed by atoms with Crippen molar-refractivity contribution in [2.45, 2.75) is 51.0 Å². The van der Waals surface area contributed by atoms with Gasteiger partial charge in [-0.2, -0.15) is 4.98 Å². The number of anilines is 3. The maximum absolute atomic E-state index is 13.3. The highest BCUT2D eigenvalue weighted by molar-refractivity contribution is 6.04. The molecule has 1 amide bonds. The fourth-order valence-corrected chi connectivity index (χ4v) is 3.58. The van der Waals surface area contributed by atoms with Crippen molar-refractivity contribution in [1.29, 1.82) is 0 Å². The van der Waals surface area contributed by atoms with Crippen LogP contribution in [0.5, 0.6) is 5.75 Å². The molecule has 4 rings (SSSR count). The molecule has 2 aromatic rings. The molecule has 0 bridgehead atoms. The average molecular weight is 451 g/mol. The van der Waals surface area contributed by atoms with Gasteiger partial charge in [-0.3, -0.25) is 14.4 Å². The summed E-state index contributed by atoms with van der Waals surface area (Å²) in [7, 11) is 1.41. The number of benzene rings is 1. The number of fused-ring (bicyclic) bond motifs is 1. The third-order valence-corrected chi connectivity index (χ3v) is 5.33. The Labute approximate surface area is 182 Å². The van der Waals surface area contributed by atoms with E-state index in [1.165, 1.54) is 20.0 Å². The zero-order chi connectivity index (χ0) is 23.2. The summed E-state index contributed by atoms with van der Waals surface area (Å²) < 4.78 is 37.0. The molecule has 10 nitrogen and oxygen atoms in total. The summed E-state index contributed by atoms with van der Waals surface area (Å²) in [6, 6.07) is 3.36. The summed E-state index contributed by atoms with van der Waals surface area (Å²) in [6.45, 7) is 2.94. The standard InChI is InChI=1S/C20H23F2N5O5/c1-9-16-17(27(3)20(30,18(29)25-16)32-10(2)28)26-19(23-9)24-11-6-13(7-11)31-12-4-5-14(21)15(22)8-12/h4-5,8,10-11,13,28,30H,6-7H2,1-3H3,(H,25,29)(H,23,24,26)/t10-,11?,13?,20+/m0/s1. The number of aromatic nitrogens is 2. The first-order valence-electron chi connectivity index (χ1n) is 9.97. The summed E-state index contributed by atoms with van der Waals surface area (Å²) in [5.74, 6) is -4.50. The van der Waals surface area contributed by atoms with E-state index in [1.807, 2.05) is 0 Å². The number of likely N-dealkylation sites (N-methyl/N-ethyl adjacent to an activating group) is 1. The summed E-state index contributed by atoms with van der Waals surface area (Å²) in [5.41, 5.74) is 0.779. The van der Waals surface area contributed by atoms with Gasteiger partial charge in [0.2, 0.25) is 5.95 Å². The second-order valence-corrected chi connectivity index (χ2v) is 7.80. The first-order chi connectivity index (χ1) is 15.1. The number of nitrogens with zero attached hydrogens (tertiary/aromatic N) is 3. The van der Waals surface area contributed by atoms with Crippen LogP contribution in [0.25, 0.3) is 0 Å². The van der Waals surface area contributed by atoms with Crippen molar-refractivity contribution in [3.05, 3.63) is 35.5 Å². The summed E-state index contributed by atoms with van der Waals surface area (Å²) in [4.78, 5) is 22.2. The molecule has 1 aromatic heterocycles. The van der Waals surface area contributed by atoms with E-state index in [0.717, 1.165) is 17.0 Å². The number of aryl methyl sites for hydroxylation is 1. The van der Waals surface area contributed by atoms with Crippen molar-refractivity contribution in [2.24, 2.45) is 0 Å². The number of hydrogen-bond acceptors (Lipinski definition) is 9. The monoisotopic (exact) mass is 451 g/mol. The number of rotatable bonds is 6. The molecule has 0 radical (unpaired) electrons. The number of aliphatic hydroxyl groups is 2. The van der Waals surface area contributed by atoms with Crippen LogP contribution >= 0.6 is 0 Å². The average Bonchev–Trinajstić information content (AvgIpc) is 2.68. The molecule has 1 aliphatic carbocycles. The van der Waals surface area contributed by atoms with Gasteiger partial charge in [-0.15, -0.1) is 0 Å². The molecule has 4 N–H and O–H groups in total. The molecule has 32 heavy (non-hydrogen) atoms. The largest absolute Gasteiger partial charge is 0.490 e. The number of aliphatic hydroxyl groups excluding tert-OH is 1. The zero-order valence-electron chi connectivity index (χ0n) is 17.6. The number of halogens is 2. The maximum Gasteiger partial charge on any atom is 0.336 e. The van der Waals surface area contributed by atoms with Crippen LogP contribution in [0, 0.1) is 18.6 Å². The van der Waals surface area contributed by atoms with E-state index >= 15 is 0 Å². The molecular formula is C20H23F2N5O5. The number of nitrogens with one attached hydrogen (secondary N) is 2. The molecule has 0 saturated heterocycles. The van der Waals surface area contributed by atoms with Crippen LogP contribution in [0.4, 0.5) is 26.2 Å². The predicted octanol–water partition coefficient (Wildman–Crippen LogP) is 1.47.